The number of hydrogen-bond donors (Lipinski definition) is 1. The Morgan fingerprint density at radius 1 is 1.43 bits per heavy atom. The van der Waals surface area contributed by atoms with Crippen LogP contribution >= 0.6 is 11.3 Å². The van der Waals surface area contributed by atoms with Gasteiger partial charge in [-0.25, -0.2) is 14.2 Å². The molecule has 0 atom stereocenters. The first kappa shape index (κ1) is 19.4. The van der Waals surface area contributed by atoms with E-state index in [1.807, 2.05) is 0 Å². The summed E-state index contributed by atoms with van der Waals surface area (Å²) in [5.41, 5.74) is -0.357. The Morgan fingerprint density at radius 2 is 2.18 bits per heavy atom. The third-order valence-corrected chi connectivity index (χ3v) is 4.82. The van der Waals surface area contributed by atoms with Gasteiger partial charge in [-0.1, -0.05) is 24.0 Å². The number of anilines is 1. The van der Waals surface area contributed by atoms with Crippen molar-refractivity contribution in [1.82, 2.24) is 14.8 Å². The summed E-state index contributed by atoms with van der Waals surface area (Å²) in [4.78, 5) is 41.4. The lowest BCUT2D eigenvalue weighted by Gasteiger charge is -2.07. The second-order valence-corrected chi connectivity index (χ2v) is 6.74. The van der Waals surface area contributed by atoms with E-state index < -0.39 is 28.8 Å². The maximum Gasteiger partial charge on any atom is 0.350 e. The molecule has 1 amide bonds. The molecule has 0 spiro atoms. The summed E-state index contributed by atoms with van der Waals surface area (Å²) in [6.07, 6.45) is 1.43. The van der Waals surface area contributed by atoms with Crippen LogP contribution in [-0.4, -0.2) is 33.2 Å². The van der Waals surface area contributed by atoms with Crippen LogP contribution in [-0.2, 0) is 11.8 Å². The van der Waals surface area contributed by atoms with Crippen LogP contribution in [0.2, 0.25) is 0 Å². The minimum Gasteiger partial charge on any atom is -0.457 e. The van der Waals surface area contributed by atoms with Crippen molar-refractivity contribution in [3.05, 3.63) is 63.2 Å². The Hall–Kier alpha value is -3.40. The van der Waals surface area contributed by atoms with Crippen molar-refractivity contribution in [3.63, 3.8) is 0 Å². The maximum absolute atomic E-state index is 13.5. The number of ether oxygens (including phenoxy) is 1. The van der Waals surface area contributed by atoms with Crippen LogP contribution in [0.15, 0.2) is 35.6 Å². The lowest BCUT2D eigenvalue weighted by molar-refractivity contribution is 0.0554. The minimum atomic E-state index is -0.813. The monoisotopic (exact) mass is 402 g/mol. The first-order valence-electron chi connectivity index (χ1n) is 8.05. The predicted molar refractivity (Wildman–Crippen MR) is 102 cm³/mol. The quantitative estimate of drug-likeness (QED) is 0.519. The normalized spacial score (nSPS) is 10.7. The summed E-state index contributed by atoms with van der Waals surface area (Å²) in [6.45, 7) is 5.10. The molecule has 2 heterocycles. The number of rotatable bonds is 5. The van der Waals surface area contributed by atoms with E-state index in [1.165, 1.54) is 29.9 Å². The molecular weight excluding hydrogens is 387 g/mol. The number of carbonyl (C=O) groups excluding carboxylic acids is 2. The van der Waals surface area contributed by atoms with Crippen molar-refractivity contribution in [2.45, 2.75) is 6.92 Å². The van der Waals surface area contributed by atoms with Gasteiger partial charge in [0.2, 0.25) is 5.43 Å². The fraction of sp³-hybridized carbons (Fsp3) is 0.167. The molecule has 8 nitrogen and oxygen atoms in total. The van der Waals surface area contributed by atoms with Crippen molar-refractivity contribution in [1.29, 1.82) is 0 Å². The number of hydrogen-bond acceptors (Lipinski definition) is 7. The number of fused-ring (bicyclic) bond motifs is 1. The highest BCUT2D eigenvalue weighted by molar-refractivity contribution is 7.17. The largest absolute Gasteiger partial charge is 0.457 e. The highest BCUT2D eigenvalue weighted by Gasteiger charge is 2.21. The molecule has 0 unspecified atom stereocenters. The molecule has 0 saturated carbocycles. The minimum absolute atomic E-state index is 0.0339. The third kappa shape index (κ3) is 3.67. The number of benzene rings is 1. The Kier molecular flexibility index (Phi) is 5.32. The van der Waals surface area contributed by atoms with E-state index in [-0.39, 0.29) is 22.0 Å². The van der Waals surface area contributed by atoms with Gasteiger partial charge in [0, 0.05) is 7.05 Å². The Labute approximate surface area is 162 Å². The number of halogens is 1. The van der Waals surface area contributed by atoms with Crippen LogP contribution in [0.5, 0.6) is 0 Å². The van der Waals surface area contributed by atoms with Gasteiger partial charge in [-0.15, -0.1) is 0 Å². The molecule has 1 N–H and O–H groups in total. The van der Waals surface area contributed by atoms with Crippen LogP contribution in [0.3, 0.4) is 0 Å². The van der Waals surface area contributed by atoms with Gasteiger partial charge in [0.05, 0.1) is 16.6 Å². The maximum atomic E-state index is 13.5. The Morgan fingerprint density at radius 3 is 2.89 bits per heavy atom. The van der Waals surface area contributed by atoms with E-state index in [2.05, 4.69) is 22.0 Å². The van der Waals surface area contributed by atoms with E-state index in [0.29, 0.717) is 11.2 Å². The molecule has 0 aliphatic carbocycles. The number of carbonyl (C=O) groups is 2. The average Bonchev–Trinajstić information content (AvgIpc) is 3.02. The molecule has 0 bridgehead atoms. The number of aromatic nitrogens is 3. The average molecular weight is 402 g/mol. The van der Waals surface area contributed by atoms with E-state index in [4.69, 9.17) is 4.74 Å². The fourth-order valence-electron chi connectivity index (χ4n) is 2.49. The first-order chi connectivity index (χ1) is 13.3. The number of nitrogens with zero attached hydrogens (tertiary/aromatic N) is 3. The van der Waals surface area contributed by atoms with Crippen LogP contribution in [0, 0.1) is 12.7 Å². The van der Waals surface area contributed by atoms with Gasteiger partial charge in [0.1, 0.15) is 17.3 Å². The van der Waals surface area contributed by atoms with Crippen LogP contribution < -0.4 is 10.7 Å². The molecule has 2 aromatic heterocycles. The first-order valence-corrected chi connectivity index (χ1v) is 8.87. The van der Waals surface area contributed by atoms with Crippen LogP contribution in [0.1, 0.15) is 25.9 Å². The topological polar surface area (TPSA) is 103 Å². The van der Waals surface area contributed by atoms with Crippen LogP contribution in [0.25, 0.3) is 10.9 Å². The molecule has 0 fully saturated rings. The molecule has 1 aromatic carbocycles. The summed E-state index contributed by atoms with van der Waals surface area (Å²) in [7, 11) is 1.54. The Balaban J connectivity index is 1.92. The van der Waals surface area contributed by atoms with Crippen molar-refractivity contribution in [2.24, 2.45) is 7.05 Å². The summed E-state index contributed by atoms with van der Waals surface area (Å²) >= 11 is 0.909. The number of esters is 1. The van der Waals surface area contributed by atoms with E-state index in [1.54, 1.807) is 6.92 Å². The zero-order valence-corrected chi connectivity index (χ0v) is 15.8. The van der Waals surface area contributed by atoms with E-state index in [0.717, 1.165) is 17.4 Å². The standard InChI is InChI=1S/C18H15FN4O4S/c1-4-7-27-17(26)15-9(2)20-18(28-15)21-16(25)13-14(24)11-8-10(19)5-6-12(11)23(3)22-13/h4-6,8H,1,7H2,2-3H3,(H,20,21,25). The number of nitrogens with one attached hydrogen (secondary N) is 1. The van der Waals surface area contributed by atoms with Gasteiger partial charge >= 0.3 is 5.97 Å². The van der Waals surface area contributed by atoms with Gasteiger partial charge in [-0.3, -0.25) is 19.6 Å². The highest BCUT2D eigenvalue weighted by atomic mass is 32.1. The lowest BCUT2D eigenvalue weighted by Crippen LogP contribution is -2.26. The summed E-state index contributed by atoms with van der Waals surface area (Å²) in [5.74, 6) is -2.00. The second-order valence-electron chi connectivity index (χ2n) is 5.74. The molecule has 3 rings (SSSR count). The smallest absolute Gasteiger partial charge is 0.350 e. The van der Waals surface area contributed by atoms with Gasteiger partial charge in [-0.2, -0.15) is 5.10 Å². The SMILES string of the molecule is C=CCOC(=O)c1sc(NC(=O)c2nn(C)c3ccc(F)cc3c2=O)nc1C. The van der Waals surface area contributed by atoms with E-state index in [9.17, 15) is 18.8 Å². The van der Waals surface area contributed by atoms with E-state index >= 15 is 0 Å². The second kappa shape index (κ2) is 7.69. The molecule has 28 heavy (non-hydrogen) atoms. The van der Waals surface area contributed by atoms with Gasteiger partial charge in [0.15, 0.2) is 10.8 Å². The van der Waals surface area contributed by atoms with Crippen molar-refractivity contribution in [3.8, 4) is 0 Å². The van der Waals surface area contributed by atoms with Crippen molar-refractivity contribution >= 4 is 39.2 Å². The van der Waals surface area contributed by atoms with Crippen LogP contribution in [0.4, 0.5) is 9.52 Å². The number of aryl methyl sites for hydroxylation is 2. The summed E-state index contributed by atoms with van der Waals surface area (Å²) in [5, 5.41) is 6.57. The molecule has 3 aromatic rings. The molecule has 0 aliphatic heterocycles. The molecule has 144 valence electrons. The van der Waals surface area contributed by atoms with Crippen molar-refractivity contribution < 1.29 is 18.7 Å². The zero-order chi connectivity index (χ0) is 20.4. The molecule has 0 aliphatic rings. The zero-order valence-electron chi connectivity index (χ0n) is 15.0. The van der Waals surface area contributed by atoms with Crippen molar-refractivity contribution in [2.75, 3.05) is 11.9 Å². The highest BCUT2D eigenvalue weighted by Crippen LogP contribution is 2.23. The summed E-state index contributed by atoms with van der Waals surface area (Å²) in [6, 6.07) is 3.66. The number of thiazole rings is 1. The fourth-order valence-corrected chi connectivity index (χ4v) is 3.35. The van der Waals surface area contributed by atoms with Gasteiger partial charge < -0.3 is 4.74 Å². The molecule has 0 saturated heterocycles. The molecule has 0 radical (unpaired) electrons. The summed E-state index contributed by atoms with van der Waals surface area (Å²) < 4.78 is 19.8. The Bertz CT molecular complexity index is 1170. The molecular formula is C18H15FN4O4S. The predicted octanol–water partition coefficient (Wildman–Crippen LogP) is 2.43. The van der Waals surface area contributed by atoms with Gasteiger partial charge in [-0.05, 0) is 25.1 Å². The third-order valence-electron chi connectivity index (χ3n) is 3.77. The van der Waals surface area contributed by atoms with Gasteiger partial charge in [0.25, 0.3) is 5.91 Å². The number of amides is 1. The lowest BCUT2D eigenvalue weighted by atomic mass is 10.2. The molecule has 10 heteroatoms.